The van der Waals surface area contributed by atoms with Crippen molar-refractivity contribution in [2.45, 2.75) is 38.3 Å². The smallest absolute Gasteiger partial charge is 0.191 e. The molecule has 0 saturated carbocycles. The Balaban J connectivity index is 0.00000192. The molecule has 0 aromatic rings. The summed E-state index contributed by atoms with van der Waals surface area (Å²) in [7, 11) is 0. The van der Waals surface area contributed by atoms with Crippen molar-refractivity contribution in [1.82, 2.24) is 20.4 Å². The van der Waals surface area contributed by atoms with Gasteiger partial charge in [0, 0.05) is 58.5 Å². The number of rotatable bonds is 5. The highest BCUT2D eigenvalue weighted by atomic mass is 127. The van der Waals surface area contributed by atoms with Crippen molar-refractivity contribution in [3.05, 3.63) is 0 Å². The van der Waals surface area contributed by atoms with Crippen molar-refractivity contribution in [1.29, 1.82) is 0 Å². The number of aliphatic imine (C=N–C) groups is 1. The Labute approximate surface area is 157 Å². The van der Waals surface area contributed by atoms with Gasteiger partial charge in [0.15, 0.2) is 5.96 Å². The molecule has 0 radical (unpaired) electrons. The zero-order valence-electron chi connectivity index (χ0n) is 14.5. The minimum atomic E-state index is -0.0680. The van der Waals surface area contributed by atoms with Crippen LogP contribution in [-0.2, 0) is 4.74 Å². The average molecular weight is 437 g/mol. The van der Waals surface area contributed by atoms with Gasteiger partial charge in [0.2, 0.25) is 0 Å². The van der Waals surface area contributed by atoms with Crippen LogP contribution >= 0.6 is 24.0 Å². The van der Waals surface area contributed by atoms with Crippen molar-refractivity contribution < 1.29 is 4.74 Å². The molecule has 0 amide bonds. The van der Waals surface area contributed by atoms with Gasteiger partial charge in [0.25, 0.3) is 0 Å². The maximum absolute atomic E-state index is 5.83. The molecule has 7 heteroatoms. The van der Waals surface area contributed by atoms with E-state index in [1.165, 1.54) is 32.7 Å². The molecule has 2 atom stereocenters. The molecule has 4 aliphatic heterocycles. The fraction of sp³-hybridized carbons (Fsp3) is 0.938. The van der Waals surface area contributed by atoms with Crippen LogP contribution in [0.4, 0.5) is 0 Å². The summed E-state index contributed by atoms with van der Waals surface area (Å²) in [5, 5.41) is 6.89. The quantitative estimate of drug-likeness (QED) is 0.378. The fourth-order valence-corrected chi connectivity index (χ4v) is 3.68. The largest absolute Gasteiger partial charge is 0.373 e. The number of hydrogen-bond acceptors (Lipinski definition) is 4. The molecule has 0 spiro atoms. The van der Waals surface area contributed by atoms with Crippen LogP contribution in [0.25, 0.3) is 0 Å². The molecule has 0 aromatic carbocycles. The van der Waals surface area contributed by atoms with Gasteiger partial charge in [-0.15, -0.1) is 24.0 Å². The Morgan fingerprint density at radius 3 is 2.61 bits per heavy atom. The minimum absolute atomic E-state index is 0. The second-order valence-corrected chi connectivity index (χ2v) is 6.97. The first-order valence-corrected chi connectivity index (χ1v) is 8.81. The predicted octanol–water partition coefficient (Wildman–Crippen LogP) is 0.728. The Hall–Kier alpha value is -0.120. The first-order chi connectivity index (χ1) is 10.7. The number of halogens is 1. The van der Waals surface area contributed by atoms with Gasteiger partial charge in [-0.25, -0.2) is 0 Å². The maximum Gasteiger partial charge on any atom is 0.191 e. The molecule has 0 aliphatic carbocycles. The van der Waals surface area contributed by atoms with Gasteiger partial charge in [-0.3, -0.25) is 14.8 Å². The normalized spacial score (nSPS) is 36.6. The number of hydrogen-bond donors (Lipinski definition) is 2. The second kappa shape index (κ2) is 8.82. The van der Waals surface area contributed by atoms with Crippen LogP contribution in [0.3, 0.4) is 0 Å². The summed E-state index contributed by atoms with van der Waals surface area (Å²) in [6, 6.07) is 0.615. The summed E-state index contributed by atoms with van der Waals surface area (Å²) in [5.41, 5.74) is -0.0680. The lowest BCUT2D eigenvalue weighted by atomic mass is 10.0. The van der Waals surface area contributed by atoms with Gasteiger partial charge in [-0.1, -0.05) is 0 Å². The van der Waals surface area contributed by atoms with Crippen molar-refractivity contribution in [3.8, 4) is 0 Å². The molecule has 23 heavy (non-hydrogen) atoms. The number of nitrogens with zero attached hydrogens (tertiary/aromatic N) is 3. The number of nitrogens with one attached hydrogen (secondary N) is 2. The SMILES string of the molecule is CCNC(=NCC1(C)CCCO1)NCC1CN2CCN1CC2.I. The van der Waals surface area contributed by atoms with E-state index < -0.39 is 0 Å². The summed E-state index contributed by atoms with van der Waals surface area (Å²) >= 11 is 0. The van der Waals surface area contributed by atoms with Crippen LogP contribution in [0, 0.1) is 0 Å². The molecule has 4 rings (SSSR count). The first kappa shape index (κ1) is 19.2. The Morgan fingerprint density at radius 2 is 2.04 bits per heavy atom. The number of ether oxygens (including phenoxy) is 1. The zero-order chi connectivity index (χ0) is 15.4. The summed E-state index contributed by atoms with van der Waals surface area (Å²) in [5.74, 6) is 0.928. The van der Waals surface area contributed by atoms with Crippen LogP contribution in [0.2, 0.25) is 0 Å². The molecule has 2 bridgehead atoms. The minimum Gasteiger partial charge on any atom is -0.373 e. The summed E-state index contributed by atoms with van der Waals surface area (Å²) in [6.07, 6.45) is 2.27. The molecule has 2 unspecified atom stereocenters. The van der Waals surface area contributed by atoms with Crippen LogP contribution in [0.5, 0.6) is 0 Å². The predicted molar refractivity (Wildman–Crippen MR) is 105 cm³/mol. The standard InChI is InChI=1S/C16H31N5O.HI/c1-3-17-15(19-13-16(2)5-4-10-22-16)18-11-14-12-20-6-8-21(14)9-7-20;/h14H,3-13H2,1-2H3,(H2,17,18,19);1H. The highest BCUT2D eigenvalue weighted by Gasteiger charge is 2.32. The lowest BCUT2D eigenvalue weighted by Crippen LogP contribution is -2.63. The molecular weight excluding hydrogens is 405 g/mol. The maximum atomic E-state index is 5.83. The van der Waals surface area contributed by atoms with E-state index in [1.807, 2.05) is 0 Å². The highest BCUT2D eigenvalue weighted by Crippen LogP contribution is 2.25. The van der Waals surface area contributed by atoms with Gasteiger partial charge in [0.1, 0.15) is 0 Å². The molecule has 4 aliphatic rings. The molecule has 2 N–H and O–H groups in total. The molecule has 4 saturated heterocycles. The lowest BCUT2D eigenvalue weighted by molar-refractivity contribution is 0.0153. The van der Waals surface area contributed by atoms with E-state index in [2.05, 4.69) is 34.3 Å². The van der Waals surface area contributed by atoms with Crippen LogP contribution in [0.1, 0.15) is 26.7 Å². The van der Waals surface area contributed by atoms with Crippen LogP contribution in [0.15, 0.2) is 4.99 Å². The third-order valence-electron chi connectivity index (χ3n) is 5.11. The summed E-state index contributed by atoms with van der Waals surface area (Å²) in [4.78, 5) is 9.93. The van der Waals surface area contributed by atoms with E-state index >= 15 is 0 Å². The molecule has 4 heterocycles. The van der Waals surface area contributed by atoms with Gasteiger partial charge >= 0.3 is 0 Å². The van der Waals surface area contributed by atoms with Crippen molar-refractivity contribution in [3.63, 3.8) is 0 Å². The van der Waals surface area contributed by atoms with Crippen molar-refractivity contribution in [2.75, 3.05) is 59.0 Å². The topological polar surface area (TPSA) is 52.1 Å². The van der Waals surface area contributed by atoms with Gasteiger partial charge in [0.05, 0.1) is 12.1 Å². The Kier molecular flexibility index (Phi) is 7.37. The van der Waals surface area contributed by atoms with Gasteiger partial charge < -0.3 is 15.4 Å². The van der Waals surface area contributed by atoms with Crippen molar-refractivity contribution in [2.24, 2.45) is 4.99 Å². The van der Waals surface area contributed by atoms with Crippen LogP contribution < -0.4 is 10.6 Å². The van der Waals surface area contributed by atoms with E-state index in [4.69, 9.17) is 9.73 Å². The number of guanidine groups is 1. The van der Waals surface area contributed by atoms with E-state index in [0.717, 1.165) is 45.0 Å². The van der Waals surface area contributed by atoms with E-state index in [9.17, 15) is 0 Å². The number of fused-ring (bicyclic) bond motifs is 3. The van der Waals surface area contributed by atoms with Gasteiger partial charge in [-0.05, 0) is 26.7 Å². The van der Waals surface area contributed by atoms with Crippen LogP contribution in [-0.4, -0.2) is 86.4 Å². The number of piperazine rings is 3. The third kappa shape index (κ3) is 5.17. The zero-order valence-corrected chi connectivity index (χ0v) is 16.8. The fourth-order valence-electron chi connectivity index (χ4n) is 3.68. The monoisotopic (exact) mass is 437 g/mol. The first-order valence-electron chi connectivity index (χ1n) is 8.81. The average Bonchev–Trinajstić information content (AvgIpc) is 2.98. The van der Waals surface area contributed by atoms with Gasteiger partial charge in [-0.2, -0.15) is 0 Å². The summed E-state index contributed by atoms with van der Waals surface area (Å²) in [6.45, 7) is 13.9. The van der Waals surface area contributed by atoms with E-state index in [0.29, 0.717) is 6.04 Å². The molecular formula is C16H32IN5O. The summed E-state index contributed by atoms with van der Waals surface area (Å²) < 4.78 is 5.83. The van der Waals surface area contributed by atoms with E-state index in [1.54, 1.807) is 0 Å². The Bertz CT molecular complexity index is 392. The molecule has 6 nitrogen and oxygen atoms in total. The molecule has 0 aromatic heterocycles. The third-order valence-corrected chi connectivity index (χ3v) is 5.11. The molecule has 134 valence electrons. The highest BCUT2D eigenvalue weighted by molar-refractivity contribution is 14.0. The van der Waals surface area contributed by atoms with E-state index in [-0.39, 0.29) is 29.6 Å². The molecule has 4 fully saturated rings. The second-order valence-electron chi connectivity index (χ2n) is 6.97. The Morgan fingerprint density at radius 1 is 1.26 bits per heavy atom. The lowest BCUT2D eigenvalue weighted by Gasteiger charge is -2.47. The van der Waals surface area contributed by atoms with Crippen molar-refractivity contribution >= 4 is 29.9 Å².